The summed E-state index contributed by atoms with van der Waals surface area (Å²) in [6.45, 7) is 0. The average Bonchev–Trinajstić information content (AvgIpc) is 2.78. The van der Waals surface area contributed by atoms with Gasteiger partial charge in [0.15, 0.2) is 0 Å². The Balaban J connectivity index is 2.26. The van der Waals surface area contributed by atoms with Gasteiger partial charge in [-0.25, -0.2) is 4.98 Å². The molecular weight excluding hydrogens is 238 g/mol. The van der Waals surface area contributed by atoms with Gasteiger partial charge >= 0.3 is 0 Å². The Morgan fingerprint density at radius 3 is 2.58 bits per heavy atom. The van der Waals surface area contributed by atoms with E-state index in [0.29, 0.717) is 0 Å². The van der Waals surface area contributed by atoms with Crippen LogP contribution in [0.4, 0.5) is 0 Å². The van der Waals surface area contributed by atoms with Gasteiger partial charge in [0.25, 0.3) is 0 Å². The van der Waals surface area contributed by atoms with Gasteiger partial charge in [0.1, 0.15) is 5.65 Å². The van der Waals surface area contributed by atoms with Crippen molar-refractivity contribution in [1.29, 1.82) is 0 Å². The summed E-state index contributed by atoms with van der Waals surface area (Å²) in [5.41, 5.74) is 8.79. The molecule has 0 fully saturated rings. The summed E-state index contributed by atoms with van der Waals surface area (Å²) < 4.78 is 1.91. The van der Waals surface area contributed by atoms with E-state index in [0.717, 1.165) is 22.6 Å². The van der Waals surface area contributed by atoms with Gasteiger partial charge in [-0.2, -0.15) is 0 Å². The number of hydrogen-bond acceptors (Lipinski definition) is 2. The Hall–Kier alpha value is -2.62. The monoisotopic (exact) mass is 251 g/mol. The summed E-state index contributed by atoms with van der Waals surface area (Å²) in [5.74, 6) is -0.358. The number of carbonyl (C=O) groups is 1. The van der Waals surface area contributed by atoms with Crippen LogP contribution in [-0.4, -0.2) is 15.3 Å². The molecule has 0 aliphatic rings. The molecule has 19 heavy (non-hydrogen) atoms. The Labute approximate surface area is 110 Å². The second-order valence-corrected chi connectivity index (χ2v) is 4.35. The number of rotatable bonds is 3. The first kappa shape index (κ1) is 11.5. The first-order valence-electron chi connectivity index (χ1n) is 6.05. The normalized spacial score (nSPS) is 10.7. The predicted molar refractivity (Wildman–Crippen MR) is 73.5 cm³/mol. The Bertz CT molecular complexity index is 731. The maximum Gasteiger partial charge on any atom is 0.223 e. The molecule has 2 aromatic heterocycles. The molecule has 1 amide bonds. The number of pyridine rings is 1. The maximum atomic E-state index is 11.3. The molecule has 0 bridgehead atoms. The van der Waals surface area contributed by atoms with Crippen LogP contribution in [-0.2, 0) is 11.2 Å². The van der Waals surface area contributed by atoms with E-state index in [9.17, 15) is 4.79 Å². The van der Waals surface area contributed by atoms with Gasteiger partial charge in [-0.05, 0) is 12.1 Å². The van der Waals surface area contributed by atoms with Gasteiger partial charge in [0.2, 0.25) is 5.91 Å². The highest BCUT2D eigenvalue weighted by Gasteiger charge is 2.15. The van der Waals surface area contributed by atoms with Gasteiger partial charge in [0.05, 0.1) is 17.8 Å². The molecule has 3 rings (SSSR count). The molecule has 94 valence electrons. The standard InChI is InChI=1S/C15H13N3O/c16-13(19)10-12-15(11-6-2-1-3-7-11)17-14-8-4-5-9-18(12)14/h1-9H,10H2,(H2,16,19). The Kier molecular flexibility index (Phi) is 2.76. The highest BCUT2D eigenvalue weighted by atomic mass is 16.1. The predicted octanol–water partition coefficient (Wildman–Crippen LogP) is 2.03. The summed E-state index contributed by atoms with van der Waals surface area (Å²) in [6.07, 6.45) is 2.07. The third-order valence-corrected chi connectivity index (χ3v) is 3.02. The lowest BCUT2D eigenvalue weighted by Crippen LogP contribution is -2.15. The molecule has 0 saturated carbocycles. The van der Waals surface area contributed by atoms with Crippen molar-refractivity contribution in [1.82, 2.24) is 9.38 Å². The Morgan fingerprint density at radius 1 is 1.11 bits per heavy atom. The van der Waals surface area contributed by atoms with Gasteiger partial charge in [-0.3, -0.25) is 4.79 Å². The van der Waals surface area contributed by atoms with Crippen molar-refractivity contribution >= 4 is 11.6 Å². The van der Waals surface area contributed by atoms with Crippen LogP contribution >= 0.6 is 0 Å². The second kappa shape index (κ2) is 4.57. The largest absolute Gasteiger partial charge is 0.369 e. The zero-order valence-electron chi connectivity index (χ0n) is 10.3. The van der Waals surface area contributed by atoms with Crippen LogP contribution < -0.4 is 5.73 Å². The van der Waals surface area contributed by atoms with Crippen LogP contribution in [0.25, 0.3) is 16.9 Å². The van der Waals surface area contributed by atoms with Crippen molar-refractivity contribution in [2.75, 3.05) is 0 Å². The first-order chi connectivity index (χ1) is 9.25. The lowest BCUT2D eigenvalue weighted by molar-refractivity contribution is -0.117. The van der Waals surface area contributed by atoms with E-state index in [1.54, 1.807) is 0 Å². The van der Waals surface area contributed by atoms with Crippen LogP contribution in [0.3, 0.4) is 0 Å². The molecule has 2 N–H and O–H groups in total. The first-order valence-corrected chi connectivity index (χ1v) is 6.05. The fraction of sp³-hybridized carbons (Fsp3) is 0.0667. The summed E-state index contributed by atoms with van der Waals surface area (Å²) >= 11 is 0. The van der Waals surface area contributed by atoms with Crippen molar-refractivity contribution in [2.24, 2.45) is 5.73 Å². The molecule has 0 radical (unpaired) electrons. The molecule has 4 heteroatoms. The number of benzene rings is 1. The summed E-state index contributed by atoms with van der Waals surface area (Å²) in [4.78, 5) is 15.9. The second-order valence-electron chi connectivity index (χ2n) is 4.35. The zero-order chi connectivity index (χ0) is 13.2. The molecule has 0 saturated heterocycles. The van der Waals surface area contributed by atoms with Crippen LogP contribution in [0.15, 0.2) is 54.7 Å². The minimum atomic E-state index is -0.358. The minimum Gasteiger partial charge on any atom is -0.369 e. The molecule has 0 atom stereocenters. The van der Waals surface area contributed by atoms with Crippen molar-refractivity contribution in [3.8, 4) is 11.3 Å². The minimum absolute atomic E-state index is 0.176. The number of fused-ring (bicyclic) bond motifs is 1. The third-order valence-electron chi connectivity index (χ3n) is 3.02. The SMILES string of the molecule is NC(=O)Cc1c(-c2ccccc2)nc2ccccn12. The van der Waals surface area contributed by atoms with Crippen LogP contribution in [0.5, 0.6) is 0 Å². The van der Waals surface area contributed by atoms with Crippen LogP contribution in [0.1, 0.15) is 5.69 Å². The molecule has 2 heterocycles. The van der Waals surface area contributed by atoms with Crippen molar-refractivity contribution in [2.45, 2.75) is 6.42 Å². The number of primary amides is 1. The molecule has 4 nitrogen and oxygen atoms in total. The third kappa shape index (κ3) is 2.08. The Morgan fingerprint density at radius 2 is 1.84 bits per heavy atom. The number of hydrogen-bond donors (Lipinski definition) is 1. The van der Waals surface area contributed by atoms with E-state index in [4.69, 9.17) is 5.73 Å². The molecule has 3 aromatic rings. The summed E-state index contributed by atoms with van der Waals surface area (Å²) in [7, 11) is 0. The van der Waals surface area contributed by atoms with E-state index in [2.05, 4.69) is 4.98 Å². The van der Waals surface area contributed by atoms with E-state index in [1.165, 1.54) is 0 Å². The number of amides is 1. The van der Waals surface area contributed by atoms with E-state index < -0.39 is 0 Å². The topological polar surface area (TPSA) is 60.4 Å². The smallest absolute Gasteiger partial charge is 0.223 e. The summed E-state index contributed by atoms with van der Waals surface area (Å²) in [6, 6.07) is 15.6. The van der Waals surface area contributed by atoms with Crippen molar-refractivity contribution in [3.63, 3.8) is 0 Å². The van der Waals surface area contributed by atoms with Crippen LogP contribution in [0, 0.1) is 0 Å². The van der Waals surface area contributed by atoms with E-state index >= 15 is 0 Å². The lowest BCUT2D eigenvalue weighted by Gasteiger charge is -2.02. The summed E-state index contributed by atoms with van der Waals surface area (Å²) in [5, 5.41) is 0. The zero-order valence-corrected chi connectivity index (χ0v) is 10.3. The number of carbonyl (C=O) groups excluding carboxylic acids is 1. The average molecular weight is 251 g/mol. The van der Waals surface area contributed by atoms with Gasteiger partial charge in [-0.15, -0.1) is 0 Å². The van der Waals surface area contributed by atoms with E-state index in [-0.39, 0.29) is 12.3 Å². The molecule has 1 aromatic carbocycles. The van der Waals surface area contributed by atoms with Crippen molar-refractivity contribution in [3.05, 3.63) is 60.4 Å². The molecule has 0 unspecified atom stereocenters. The number of aromatic nitrogens is 2. The number of imidazole rings is 1. The fourth-order valence-electron chi connectivity index (χ4n) is 2.21. The van der Waals surface area contributed by atoms with Crippen molar-refractivity contribution < 1.29 is 4.79 Å². The van der Waals surface area contributed by atoms with Gasteiger partial charge in [0, 0.05) is 11.8 Å². The molecule has 0 spiro atoms. The van der Waals surface area contributed by atoms with E-state index in [1.807, 2.05) is 59.1 Å². The molecule has 0 aliphatic heterocycles. The lowest BCUT2D eigenvalue weighted by atomic mass is 10.1. The fourth-order valence-corrected chi connectivity index (χ4v) is 2.21. The number of nitrogens with two attached hydrogens (primary N) is 1. The highest BCUT2D eigenvalue weighted by molar-refractivity contribution is 5.80. The van der Waals surface area contributed by atoms with Gasteiger partial charge < -0.3 is 10.1 Å². The number of nitrogens with zero attached hydrogens (tertiary/aromatic N) is 2. The molecular formula is C15H13N3O. The quantitative estimate of drug-likeness (QED) is 0.774. The van der Waals surface area contributed by atoms with Crippen LogP contribution in [0.2, 0.25) is 0 Å². The maximum absolute atomic E-state index is 11.3. The highest BCUT2D eigenvalue weighted by Crippen LogP contribution is 2.24. The van der Waals surface area contributed by atoms with Gasteiger partial charge in [-0.1, -0.05) is 36.4 Å². The molecule has 0 aliphatic carbocycles.